The molecule has 0 atom stereocenters. The number of ether oxygens (including phenoxy) is 2. The second-order valence-corrected chi connectivity index (χ2v) is 5.51. The quantitative estimate of drug-likeness (QED) is 0.906. The molecule has 2 aliphatic heterocycles. The molecule has 1 fully saturated rings. The first kappa shape index (κ1) is 14.4. The fourth-order valence-corrected chi connectivity index (χ4v) is 2.95. The highest BCUT2D eigenvalue weighted by atomic mass is 16.5. The smallest absolute Gasteiger partial charge is 0.253 e. The first-order valence-electron chi connectivity index (χ1n) is 7.55. The minimum absolute atomic E-state index is 0.0519. The predicted molar refractivity (Wildman–Crippen MR) is 77.6 cm³/mol. The Hall–Kier alpha value is -1.59. The summed E-state index contributed by atoms with van der Waals surface area (Å²) in [5, 5.41) is 8.76. The average Bonchev–Trinajstić information content (AvgIpc) is 3.00. The first-order chi connectivity index (χ1) is 10.3. The van der Waals surface area contributed by atoms with Crippen LogP contribution >= 0.6 is 0 Å². The maximum atomic E-state index is 12.5. The number of likely N-dealkylation sites (tertiary alicyclic amines) is 1. The van der Waals surface area contributed by atoms with E-state index >= 15 is 0 Å². The van der Waals surface area contributed by atoms with Crippen molar-refractivity contribution in [2.24, 2.45) is 0 Å². The molecule has 21 heavy (non-hydrogen) atoms. The SMILES string of the molecule is O=C(c1ccc2c(c1)CCO2)N1CCC(OCCO)CC1. The molecule has 0 spiro atoms. The largest absolute Gasteiger partial charge is 0.493 e. The minimum atomic E-state index is 0.0519. The Labute approximate surface area is 124 Å². The van der Waals surface area contributed by atoms with E-state index < -0.39 is 0 Å². The maximum absolute atomic E-state index is 12.5. The molecule has 2 heterocycles. The van der Waals surface area contributed by atoms with E-state index in [1.807, 2.05) is 23.1 Å². The normalized spacial score (nSPS) is 18.4. The number of carbonyl (C=O) groups excluding carboxylic acids is 1. The van der Waals surface area contributed by atoms with E-state index in [9.17, 15) is 4.79 Å². The molecule has 0 radical (unpaired) electrons. The van der Waals surface area contributed by atoms with Crippen LogP contribution in [-0.4, -0.2) is 54.9 Å². The van der Waals surface area contributed by atoms with Crippen molar-refractivity contribution < 1.29 is 19.4 Å². The second-order valence-electron chi connectivity index (χ2n) is 5.51. The third-order valence-corrected chi connectivity index (χ3v) is 4.11. The standard InChI is InChI=1S/C16H21NO4/c18-8-10-20-14-3-6-17(7-4-14)16(19)13-1-2-15-12(11-13)5-9-21-15/h1-2,11,14,18H,3-10H2. The molecule has 0 bridgehead atoms. The summed E-state index contributed by atoms with van der Waals surface area (Å²) < 4.78 is 11.0. The van der Waals surface area contributed by atoms with E-state index in [1.54, 1.807) is 0 Å². The van der Waals surface area contributed by atoms with Crippen LogP contribution in [0.25, 0.3) is 0 Å². The highest BCUT2D eigenvalue weighted by Gasteiger charge is 2.25. The van der Waals surface area contributed by atoms with Crippen LogP contribution < -0.4 is 4.74 Å². The van der Waals surface area contributed by atoms with Crippen LogP contribution in [0, 0.1) is 0 Å². The van der Waals surface area contributed by atoms with Gasteiger partial charge in [-0.3, -0.25) is 4.79 Å². The molecule has 0 aliphatic carbocycles. The minimum Gasteiger partial charge on any atom is -0.493 e. The number of rotatable bonds is 4. The van der Waals surface area contributed by atoms with Gasteiger partial charge in [-0.2, -0.15) is 0 Å². The molecule has 1 N–H and O–H groups in total. The van der Waals surface area contributed by atoms with Gasteiger partial charge in [-0.1, -0.05) is 0 Å². The molecular formula is C16H21NO4. The van der Waals surface area contributed by atoms with Crippen molar-refractivity contribution in [3.63, 3.8) is 0 Å². The molecule has 3 rings (SSSR count). The molecule has 1 aromatic carbocycles. The Bertz CT molecular complexity index is 509. The lowest BCUT2D eigenvalue weighted by molar-refractivity contribution is -0.00554. The van der Waals surface area contributed by atoms with E-state index in [0.717, 1.165) is 36.1 Å². The van der Waals surface area contributed by atoms with Crippen molar-refractivity contribution >= 4 is 5.91 Å². The molecule has 0 unspecified atom stereocenters. The maximum Gasteiger partial charge on any atom is 0.253 e. The molecule has 0 saturated carbocycles. The summed E-state index contributed by atoms with van der Waals surface area (Å²) in [6, 6.07) is 5.70. The van der Waals surface area contributed by atoms with Gasteiger partial charge in [0, 0.05) is 25.1 Å². The van der Waals surface area contributed by atoms with Crippen LogP contribution in [0.1, 0.15) is 28.8 Å². The van der Waals surface area contributed by atoms with Gasteiger partial charge in [0.25, 0.3) is 5.91 Å². The molecule has 1 aromatic rings. The number of nitrogens with zero attached hydrogens (tertiary/aromatic N) is 1. The highest BCUT2D eigenvalue weighted by molar-refractivity contribution is 5.94. The Morgan fingerprint density at radius 3 is 2.95 bits per heavy atom. The molecular weight excluding hydrogens is 270 g/mol. The zero-order valence-electron chi connectivity index (χ0n) is 12.1. The van der Waals surface area contributed by atoms with Gasteiger partial charge in [0.05, 0.1) is 25.9 Å². The van der Waals surface area contributed by atoms with Crippen molar-refractivity contribution in [3.05, 3.63) is 29.3 Å². The molecule has 5 nitrogen and oxygen atoms in total. The lowest BCUT2D eigenvalue weighted by Gasteiger charge is -2.32. The van der Waals surface area contributed by atoms with Gasteiger partial charge >= 0.3 is 0 Å². The Morgan fingerprint density at radius 1 is 1.38 bits per heavy atom. The molecule has 0 aromatic heterocycles. The number of carbonyl (C=O) groups is 1. The Morgan fingerprint density at radius 2 is 2.19 bits per heavy atom. The molecule has 5 heteroatoms. The summed E-state index contributed by atoms with van der Waals surface area (Å²) >= 11 is 0. The van der Waals surface area contributed by atoms with E-state index in [1.165, 1.54) is 0 Å². The van der Waals surface area contributed by atoms with Gasteiger partial charge in [-0.25, -0.2) is 0 Å². The molecule has 1 amide bonds. The van der Waals surface area contributed by atoms with Crippen LogP contribution in [0.2, 0.25) is 0 Å². The van der Waals surface area contributed by atoms with Gasteiger partial charge in [-0.15, -0.1) is 0 Å². The van der Waals surface area contributed by atoms with Crippen molar-refractivity contribution in [1.82, 2.24) is 4.90 Å². The van der Waals surface area contributed by atoms with Crippen LogP contribution in [0.5, 0.6) is 5.75 Å². The topological polar surface area (TPSA) is 59.0 Å². The third-order valence-electron chi connectivity index (χ3n) is 4.11. The zero-order chi connectivity index (χ0) is 14.7. The number of aliphatic hydroxyl groups excluding tert-OH is 1. The van der Waals surface area contributed by atoms with E-state index in [2.05, 4.69) is 0 Å². The van der Waals surface area contributed by atoms with Crippen molar-refractivity contribution in [1.29, 1.82) is 0 Å². The molecule has 1 saturated heterocycles. The van der Waals surface area contributed by atoms with Crippen LogP contribution in [-0.2, 0) is 11.2 Å². The summed E-state index contributed by atoms with van der Waals surface area (Å²) in [4.78, 5) is 14.4. The van der Waals surface area contributed by atoms with E-state index in [0.29, 0.717) is 26.3 Å². The van der Waals surface area contributed by atoms with Crippen LogP contribution in [0.3, 0.4) is 0 Å². The van der Waals surface area contributed by atoms with Gasteiger partial charge in [0.1, 0.15) is 5.75 Å². The Kier molecular flexibility index (Phi) is 4.41. The number of hydrogen-bond acceptors (Lipinski definition) is 4. The fraction of sp³-hybridized carbons (Fsp3) is 0.562. The predicted octanol–water partition coefficient (Wildman–Crippen LogP) is 1.23. The monoisotopic (exact) mass is 291 g/mol. The number of amides is 1. The average molecular weight is 291 g/mol. The van der Waals surface area contributed by atoms with Crippen molar-refractivity contribution in [2.45, 2.75) is 25.4 Å². The second kappa shape index (κ2) is 6.45. The molecule has 114 valence electrons. The van der Waals surface area contributed by atoms with Crippen molar-refractivity contribution in [2.75, 3.05) is 32.9 Å². The zero-order valence-corrected chi connectivity index (χ0v) is 12.1. The highest BCUT2D eigenvalue weighted by Crippen LogP contribution is 2.27. The number of piperidine rings is 1. The Balaban J connectivity index is 1.59. The number of fused-ring (bicyclic) bond motifs is 1. The van der Waals surface area contributed by atoms with Crippen molar-refractivity contribution in [3.8, 4) is 5.75 Å². The first-order valence-corrected chi connectivity index (χ1v) is 7.55. The summed E-state index contributed by atoms with van der Waals surface area (Å²) in [5.41, 5.74) is 1.87. The summed E-state index contributed by atoms with van der Waals surface area (Å²) in [5.74, 6) is 0.993. The van der Waals surface area contributed by atoms with Gasteiger partial charge in [-0.05, 0) is 36.6 Å². The summed E-state index contributed by atoms with van der Waals surface area (Å²) in [7, 11) is 0. The number of benzene rings is 1. The van der Waals surface area contributed by atoms with E-state index in [-0.39, 0.29) is 18.6 Å². The summed E-state index contributed by atoms with van der Waals surface area (Å²) in [6.45, 7) is 2.56. The van der Waals surface area contributed by atoms with Gasteiger partial charge < -0.3 is 19.5 Å². The summed E-state index contributed by atoms with van der Waals surface area (Å²) in [6.07, 6.45) is 2.71. The van der Waals surface area contributed by atoms with Gasteiger partial charge in [0.2, 0.25) is 0 Å². The van der Waals surface area contributed by atoms with Gasteiger partial charge in [0.15, 0.2) is 0 Å². The fourth-order valence-electron chi connectivity index (χ4n) is 2.95. The third kappa shape index (κ3) is 3.19. The number of aliphatic hydroxyl groups is 1. The number of hydrogen-bond donors (Lipinski definition) is 1. The lowest BCUT2D eigenvalue weighted by Crippen LogP contribution is -2.41. The van der Waals surface area contributed by atoms with E-state index in [4.69, 9.17) is 14.6 Å². The van der Waals surface area contributed by atoms with Crippen LogP contribution in [0.15, 0.2) is 18.2 Å². The lowest BCUT2D eigenvalue weighted by atomic mass is 10.0. The molecule has 2 aliphatic rings. The van der Waals surface area contributed by atoms with Crippen LogP contribution in [0.4, 0.5) is 0 Å².